The van der Waals surface area contributed by atoms with Crippen molar-refractivity contribution in [1.82, 2.24) is 5.06 Å². The number of benzene rings is 3. The second-order valence-electron chi connectivity index (χ2n) is 7.59. The van der Waals surface area contributed by atoms with Crippen LogP contribution in [0.3, 0.4) is 0 Å². The average Bonchev–Trinajstić information content (AvgIpc) is 3.16. The number of carbonyl (C=O) groups excluding carboxylic acids is 3. The standard InChI is InChI=1S/C26H24INO5/c1-27(21-10-12-23(32-2)13-11-21)22-5-3-4-19(17-22)16-18-6-8-20(9-7-18)26(31)33-28-24(29)14-15-25(28)30/h3-13,17H,14-16H2,1-2H3. The summed E-state index contributed by atoms with van der Waals surface area (Å²) in [5.41, 5.74) is 2.55. The van der Waals surface area contributed by atoms with Crippen LogP contribution >= 0.6 is 19.8 Å². The van der Waals surface area contributed by atoms with Crippen LogP contribution in [0.15, 0.2) is 72.8 Å². The molecule has 1 saturated heterocycles. The third kappa shape index (κ3) is 5.42. The molecule has 6 nitrogen and oxygen atoms in total. The van der Waals surface area contributed by atoms with Crippen molar-refractivity contribution in [2.24, 2.45) is 0 Å². The summed E-state index contributed by atoms with van der Waals surface area (Å²) in [6.07, 6.45) is 0.883. The summed E-state index contributed by atoms with van der Waals surface area (Å²) in [4.78, 5) is 42.8. The summed E-state index contributed by atoms with van der Waals surface area (Å²) in [5, 5.41) is 0.566. The molecule has 1 fully saturated rings. The first-order valence-electron chi connectivity index (χ1n) is 10.4. The van der Waals surface area contributed by atoms with Gasteiger partial charge in [-0.1, -0.05) is 0 Å². The summed E-state index contributed by atoms with van der Waals surface area (Å²) < 4.78 is 8.01. The van der Waals surface area contributed by atoms with Gasteiger partial charge in [-0.15, -0.1) is 0 Å². The molecule has 170 valence electrons. The van der Waals surface area contributed by atoms with Crippen molar-refractivity contribution in [1.29, 1.82) is 0 Å². The second-order valence-corrected chi connectivity index (χ2v) is 12.8. The fraction of sp³-hybridized carbons (Fsp3) is 0.192. The number of carbonyl (C=O) groups is 3. The van der Waals surface area contributed by atoms with Crippen LogP contribution in [-0.4, -0.2) is 34.9 Å². The van der Waals surface area contributed by atoms with Gasteiger partial charge in [0.2, 0.25) is 0 Å². The third-order valence-corrected chi connectivity index (χ3v) is 10.5. The normalized spacial score (nSPS) is 13.8. The van der Waals surface area contributed by atoms with E-state index < -0.39 is 37.6 Å². The minimum atomic E-state index is -1.51. The number of halogens is 1. The number of alkyl halides is 1. The van der Waals surface area contributed by atoms with Gasteiger partial charge in [-0.25, -0.2) is 0 Å². The molecule has 1 heterocycles. The third-order valence-electron chi connectivity index (χ3n) is 5.37. The predicted octanol–water partition coefficient (Wildman–Crippen LogP) is 4.68. The Morgan fingerprint density at radius 1 is 0.879 bits per heavy atom. The molecular weight excluding hydrogens is 533 g/mol. The number of ether oxygens (including phenoxy) is 1. The Kier molecular flexibility index (Phi) is 7.08. The summed E-state index contributed by atoms with van der Waals surface area (Å²) >= 11 is -1.51. The Balaban J connectivity index is 1.42. The molecule has 0 aliphatic carbocycles. The first-order valence-corrected chi connectivity index (χ1v) is 14.8. The minimum absolute atomic E-state index is 0.0738. The number of amides is 2. The van der Waals surface area contributed by atoms with E-state index in [1.54, 1.807) is 19.2 Å². The second kappa shape index (κ2) is 10.2. The van der Waals surface area contributed by atoms with Crippen LogP contribution in [0.2, 0.25) is 0 Å². The van der Waals surface area contributed by atoms with Crippen molar-refractivity contribution in [2.75, 3.05) is 12.0 Å². The summed E-state index contributed by atoms with van der Waals surface area (Å²) in [6.45, 7) is 0. The molecule has 2 amide bonds. The van der Waals surface area contributed by atoms with Crippen molar-refractivity contribution in [3.8, 4) is 5.75 Å². The number of hydrogen-bond acceptors (Lipinski definition) is 5. The SMILES string of the molecule is COc1ccc(I(C)c2cccc(Cc3ccc(C(=O)ON4C(=O)CCC4=O)cc3)c2)cc1. The van der Waals surface area contributed by atoms with Crippen molar-refractivity contribution in [3.63, 3.8) is 0 Å². The molecule has 0 saturated carbocycles. The molecule has 4 rings (SSSR count). The van der Waals surface area contributed by atoms with Crippen LogP contribution in [0.5, 0.6) is 5.75 Å². The molecule has 7 heteroatoms. The number of methoxy groups -OCH3 is 1. The van der Waals surface area contributed by atoms with Crippen LogP contribution in [-0.2, 0) is 20.8 Å². The molecule has 3 aromatic rings. The van der Waals surface area contributed by atoms with Crippen LogP contribution in [0.25, 0.3) is 0 Å². The van der Waals surface area contributed by atoms with Gasteiger partial charge in [0.1, 0.15) is 0 Å². The first kappa shape index (κ1) is 23.0. The van der Waals surface area contributed by atoms with E-state index in [9.17, 15) is 14.4 Å². The van der Waals surface area contributed by atoms with Crippen molar-refractivity contribution in [3.05, 3.63) is 96.6 Å². The van der Waals surface area contributed by atoms with E-state index in [4.69, 9.17) is 9.57 Å². The zero-order valence-electron chi connectivity index (χ0n) is 18.4. The zero-order chi connectivity index (χ0) is 23.4. The first-order chi connectivity index (χ1) is 15.9. The molecule has 0 aromatic heterocycles. The van der Waals surface area contributed by atoms with Gasteiger partial charge in [-0.2, -0.15) is 0 Å². The summed E-state index contributed by atoms with van der Waals surface area (Å²) in [5.74, 6) is -0.828. The van der Waals surface area contributed by atoms with E-state index in [0.29, 0.717) is 10.6 Å². The van der Waals surface area contributed by atoms with Crippen LogP contribution in [0.1, 0.15) is 34.3 Å². The fourth-order valence-electron chi connectivity index (χ4n) is 3.50. The molecule has 1 aliphatic heterocycles. The quantitative estimate of drug-likeness (QED) is 0.240. The molecule has 3 aromatic carbocycles. The number of imide groups is 1. The zero-order valence-corrected chi connectivity index (χ0v) is 20.6. The molecular formula is C26H24INO5. The van der Waals surface area contributed by atoms with E-state index in [-0.39, 0.29) is 12.8 Å². The molecule has 0 unspecified atom stereocenters. The Bertz CT molecular complexity index is 1160. The van der Waals surface area contributed by atoms with Crippen molar-refractivity contribution >= 4 is 37.6 Å². The maximum atomic E-state index is 12.3. The Morgan fingerprint density at radius 3 is 2.18 bits per heavy atom. The van der Waals surface area contributed by atoms with Crippen LogP contribution in [0, 0.1) is 7.14 Å². The van der Waals surface area contributed by atoms with E-state index in [1.807, 2.05) is 24.3 Å². The van der Waals surface area contributed by atoms with Gasteiger partial charge in [-0.3, -0.25) is 9.59 Å². The van der Waals surface area contributed by atoms with E-state index >= 15 is 0 Å². The van der Waals surface area contributed by atoms with Gasteiger partial charge in [-0.05, 0) is 0 Å². The van der Waals surface area contributed by atoms with Gasteiger partial charge in [0.25, 0.3) is 0 Å². The number of nitrogens with zero attached hydrogens (tertiary/aromatic N) is 1. The number of hydrogen-bond donors (Lipinski definition) is 0. The van der Waals surface area contributed by atoms with Gasteiger partial charge in [0.05, 0.1) is 0 Å². The van der Waals surface area contributed by atoms with Gasteiger partial charge >= 0.3 is 178 Å². The van der Waals surface area contributed by atoms with E-state index in [1.165, 1.54) is 12.7 Å². The molecule has 33 heavy (non-hydrogen) atoms. The molecule has 0 radical (unpaired) electrons. The van der Waals surface area contributed by atoms with Crippen molar-refractivity contribution < 1.29 is 24.0 Å². The van der Waals surface area contributed by atoms with Crippen LogP contribution in [0.4, 0.5) is 0 Å². The number of hydroxylamine groups is 2. The Labute approximate surface area is 199 Å². The molecule has 0 N–H and O–H groups in total. The topological polar surface area (TPSA) is 72.9 Å². The van der Waals surface area contributed by atoms with Crippen LogP contribution < -0.4 is 4.74 Å². The Morgan fingerprint density at radius 2 is 1.55 bits per heavy atom. The molecule has 0 spiro atoms. The molecule has 0 atom stereocenters. The van der Waals surface area contributed by atoms with Gasteiger partial charge < -0.3 is 0 Å². The number of rotatable bonds is 7. The monoisotopic (exact) mass is 557 g/mol. The van der Waals surface area contributed by atoms with Gasteiger partial charge in [0, 0.05) is 12.8 Å². The molecule has 1 aliphatic rings. The summed E-state index contributed by atoms with van der Waals surface area (Å²) in [7, 11) is 1.67. The Hall–Kier alpha value is -3.20. The predicted molar refractivity (Wildman–Crippen MR) is 133 cm³/mol. The molecule has 0 bridgehead atoms. The summed E-state index contributed by atoms with van der Waals surface area (Å²) in [6, 6.07) is 24.0. The fourth-order valence-corrected chi connectivity index (χ4v) is 7.27. The van der Waals surface area contributed by atoms with E-state index in [2.05, 4.69) is 41.3 Å². The van der Waals surface area contributed by atoms with Crippen molar-refractivity contribution in [2.45, 2.75) is 19.3 Å². The maximum absolute atomic E-state index is 12.3. The average molecular weight is 557 g/mol. The van der Waals surface area contributed by atoms with E-state index in [0.717, 1.165) is 17.7 Å². The van der Waals surface area contributed by atoms with Gasteiger partial charge in [0.15, 0.2) is 0 Å².